The fourth-order valence-electron chi connectivity index (χ4n) is 5.37. The van der Waals surface area contributed by atoms with Crippen LogP contribution in [0.15, 0.2) is 36.5 Å². The van der Waals surface area contributed by atoms with Crippen LogP contribution in [0.3, 0.4) is 0 Å². The van der Waals surface area contributed by atoms with Crippen molar-refractivity contribution >= 4 is 16.7 Å². The first-order chi connectivity index (χ1) is 13.7. The molecule has 1 saturated carbocycles. The van der Waals surface area contributed by atoms with E-state index in [2.05, 4.69) is 53.6 Å². The number of fused-ring (bicyclic) bond motifs is 2. The highest BCUT2D eigenvalue weighted by Gasteiger charge is 2.23. The maximum absolute atomic E-state index is 4.88. The van der Waals surface area contributed by atoms with Crippen LogP contribution < -0.4 is 4.90 Å². The van der Waals surface area contributed by atoms with Crippen LogP contribution in [0, 0.1) is 19.8 Å². The molecule has 0 N–H and O–H groups in total. The van der Waals surface area contributed by atoms with E-state index in [-0.39, 0.29) is 0 Å². The van der Waals surface area contributed by atoms with Gasteiger partial charge in [0.25, 0.3) is 0 Å². The van der Waals surface area contributed by atoms with Gasteiger partial charge >= 0.3 is 0 Å². The lowest BCUT2D eigenvalue weighted by molar-refractivity contribution is 0.321. The topological polar surface area (TPSA) is 21.1 Å². The van der Waals surface area contributed by atoms with Crippen LogP contribution in [0.1, 0.15) is 54.5 Å². The van der Waals surface area contributed by atoms with Gasteiger partial charge in [0.05, 0.1) is 5.52 Å². The first-order valence-electron chi connectivity index (χ1n) is 11.0. The van der Waals surface area contributed by atoms with E-state index in [1.54, 1.807) is 0 Å². The molecule has 0 bridgehead atoms. The summed E-state index contributed by atoms with van der Waals surface area (Å²) in [6, 6.07) is 11.1. The van der Waals surface area contributed by atoms with Crippen molar-refractivity contribution in [2.75, 3.05) is 11.4 Å². The summed E-state index contributed by atoms with van der Waals surface area (Å²) in [5.41, 5.74) is 7.15. The number of aryl methyl sites for hydroxylation is 1. The number of aromatic nitrogens is 2. The summed E-state index contributed by atoms with van der Waals surface area (Å²) in [6.45, 7) is 7.78. The zero-order valence-electron chi connectivity index (χ0n) is 17.2. The lowest BCUT2D eigenvalue weighted by Gasteiger charge is -2.30. The zero-order chi connectivity index (χ0) is 19.1. The standard InChI is InChI=1S/C25H31N3/c1-18-19(2)28(16-20-8-4-3-5-9-20)23-12-14-26-25(24(18)23)27-15-13-21-10-6-7-11-22(21)17-27/h6-7,10-12,14,20H,3-5,8-9,13,15-17H2,1-2H3. The van der Waals surface area contributed by atoms with Crippen LogP contribution in [0.25, 0.3) is 10.9 Å². The van der Waals surface area contributed by atoms with Crippen molar-refractivity contribution in [3.8, 4) is 0 Å². The van der Waals surface area contributed by atoms with E-state index in [0.717, 1.165) is 25.4 Å². The minimum Gasteiger partial charge on any atom is -0.351 e. The van der Waals surface area contributed by atoms with Crippen LogP contribution in [-0.2, 0) is 19.5 Å². The molecule has 0 saturated heterocycles. The molecule has 0 amide bonds. The summed E-state index contributed by atoms with van der Waals surface area (Å²) in [6.07, 6.45) is 10.1. The molecule has 3 aromatic rings. The lowest BCUT2D eigenvalue weighted by Crippen LogP contribution is -2.31. The number of hydrogen-bond acceptors (Lipinski definition) is 2. The molecule has 146 valence electrons. The summed E-state index contributed by atoms with van der Waals surface area (Å²) < 4.78 is 2.59. The smallest absolute Gasteiger partial charge is 0.138 e. The highest BCUT2D eigenvalue weighted by Crippen LogP contribution is 2.36. The fraction of sp³-hybridized carbons (Fsp3) is 0.480. The highest BCUT2D eigenvalue weighted by atomic mass is 15.2. The number of hydrogen-bond donors (Lipinski definition) is 0. The third-order valence-corrected chi connectivity index (χ3v) is 7.12. The van der Waals surface area contributed by atoms with Gasteiger partial charge in [-0.15, -0.1) is 0 Å². The third kappa shape index (κ3) is 3.01. The lowest BCUT2D eigenvalue weighted by atomic mass is 9.89. The SMILES string of the molecule is Cc1c(C)n(CC2CCCCC2)c2ccnc(N3CCc4ccccc4C3)c12. The van der Waals surface area contributed by atoms with E-state index in [9.17, 15) is 0 Å². The first kappa shape index (κ1) is 17.8. The average molecular weight is 374 g/mol. The molecule has 0 radical (unpaired) electrons. The molecule has 5 rings (SSSR count). The van der Waals surface area contributed by atoms with E-state index in [4.69, 9.17) is 4.98 Å². The molecule has 3 heteroatoms. The van der Waals surface area contributed by atoms with Crippen LogP contribution in [-0.4, -0.2) is 16.1 Å². The van der Waals surface area contributed by atoms with Crippen LogP contribution in [0.2, 0.25) is 0 Å². The molecular formula is C25H31N3. The summed E-state index contributed by atoms with van der Waals surface area (Å²) in [5.74, 6) is 2.01. The molecule has 0 spiro atoms. The van der Waals surface area contributed by atoms with E-state index in [0.29, 0.717) is 0 Å². The van der Waals surface area contributed by atoms with Crippen molar-refractivity contribution in [1.82, 2.24) is 9.55 Å². The van der Waals surface area contributed by atoms with E-state index < -0.39 is 0 Å². The van der Waals surface area contributed by atoms with Gasteiger partial charge in [0, 0.05) is 36.9 Å². The monoisotopic (exact) mass is 373 g/mol. The Morgan fingerprint density at radius 2 is 1.79 bits per heavy atom. The Balaban J connectivity index is 1.53. The van der Waals surface area contributed by atoms with Gasteiger partial charge in [-0.25, -0.2) is 4.98 Å². The Morgan fingerprint density at radius 1 is 1.00 bits per heavy atom. The predicted molar refractivity (Wildman–Crippen MR) is 117 cm³/mol. The van der Waals surface area contributed by atoms with Gasteiger partial charge in [0.2, 0.25) is 0 Å². The molecule has 3 nitrogen and oxygen atoms in total. The molecule has 0 unspecified atom stereocenters. The molecule has 1 aromatic carbocycles. The molecule has 1 fully saturated rings. The molecule has 3 heterocycles. The summed E-state index contributed by atoms with van der Waals surface area (Å²) in [5, 5.41) is 1.37. The second-order valence-electron chi connectivity index (χ2n) is 8.79. The Morgan fingerprint density at radius 3 is 2.61 bits per heavy atom. The molecule has 2 aromatic heterocycles. The maximum Gasteiger partial charge on any atom is 0.138 e. The minimum atomic E-state index is 0.834. The summed E-state index contributed by atoms with van der Waals surface area (Å²) >= 11 is 0. The van der Waals surface area contributed by atoms with Gasteiger partial charge in [-0.2, -0.15) is 0 Å². The Hall–Kier alpha value is -2.29. The van der Waals surface area contributed by atoms with Gasteiger partial charge in [-0.3, -0.25) is 0 Å². The molecule has 2 aliphatic rings. The number of anilines is 1. The number of benzene rings is 1. The van der Waals surface area contributed by atoms with Crippen molar-refractivity contribution in [3.05, 3.63) is 58.9 Å². The van der Waals surface area contributed by atoms with Crippen LogP contribution >= 0.6 is 0 Å². The molecule has 1 aliphatic carbocycles. The van der Waals surface area contributed by atoms with Gasteiger partial charge in [0.15, 0.2) is 0 Å². The largest absolute Gasteiger partial charge is 0.351 e. The number of pyridine rings is 1. The van der Waals surface area contributed by atoms with Crippen molar-refractivity contribution in [1.29, 1.82) is 0 Å². The summed E-state index contributed by atoms with van der Waals surface area (Å²) in [7, 11) is 0. The van der Waals surface area contributed by atoms with Crippen molar-refractivity contribution in [3.63, 3.8) is 0 Å². The van der Waals surface area contributed by atoms with Crippen molar-refractivity contribution in [2.24, 2.45) is 5.92 Å². The minimum absolute atomic E-state index is 0.834. The molecule has 28 heavy (non-hydrogen) atoms. The Labute approximate surface area is 168 Å². The zero-order valence-corrected chi connectivity index (χ0v) is 17.2. The normalized spacial score (nSPS) is 17.9. The number of nitrogens with zero attached hydrogens (tertiary/aromatic N) is 3. The van der Waals surface area contributed by atoms with E-state index in [1.165, 1.54) is 77.8 Å². The van der Waals surface area contributed by atoms with Gasteiger partial charge in [-0.05, 0) is 61.8 Å². The molecule has 1 aliphatic heterocycles. The van der Waals surface area contributed by atoms with Gasteiger partial charge in [0.1, 0.15) is 5.82 Å². The van der Waals surface area contributed by atoms with Gasteiger partial charge < -0.3 is 9.47 Å². The highest BCUT2D eigenvalue weighted by molar-refractivity contribution is 5.94. The number of rotatable bonds is 3. The third-order valence-electron chi connectivity index (χ3n) is 7.12. The fourth-order valence-corrected chi connectivity index (χ4v) is 5.37. The maximum atomic E-state index is 4.88. The second kappa shape index (κ2) is 7.27. The summed E-state index contributed by atoms with van der Waals surface area (Å²) in [4.78, 5) is 7.37. The van der Waals surface area contributed by atoms with Gasteiger partial charge in [-0.1, -0.05) is 43.5 Å². The van der Waals surface area contributed by atoms with Crippen molar-refractivity contribution < 1.29 is 0 Å². The second-order valence-corrected chi connectivity index (χ2v) is 8.79. The average Bonchev–Trinajstić information content (AvgIpc) is 2.99. The predicted octanol–water partition coefficient (Wildman–Crippen LogP) is 5.80. The van der Waals surface area contributed by atoms with E-state index >= 15 is 0 Å². The van der Waals surface area contributed by atoms with Crippen LogP contribution in [0.4, 0.5) is 5.82 Å². The molecule has 0 atom stereocenters. The molecular weight excluding hydrogens is 342 g/mol. The van der Waals surface area contributed by atoms with Crippen LogP contribution in [0.5, 0.6) is 0 Å². The van der Waals surface area contributed by atoms with Crippen molar-refractivity contribution in [2.45, 2.75) is 65.5 Å². The van der Waals surface area contributed by atoms with E-state index in [1.807, 2.05) is 6.20 Å². The quantitative estimate of drug-likeness (QED) is 0.579. The Kier molecular flexibility index (Phi) is 4.62. The first-order valence-corrected chi connectivity index (χ1v) is 11.0. The Bertz CT molecular complexity index is 994.